The first-order valence-electron chi connectivity index (χ1n) is 9.22. The smallest absolute Gasteiger partial charge is 0.272 e. The van der Waals surface area contributed by atoms with Crippen molar-refractivity contribution in [3.63, 3.8) is 0 Å². The van der Waals surface area contributed by atoms with Gasteiger partial charge in [-0.3, -0.25) is 4.79 Å². The van der Waals surface area contributed by atoms with Crippen molar-refractivity contribution in [2.24, 2.45) is 5.10 Å². The minimum atomic E-state index is -0.441. The van der Waals surface area contributed by atoms with Gasteiger partial charge in [0.05, 0.1) is 28.9 Å². The molecule has 0 radical (unpaired) electrons. The molecule has 0 unspecified atom stereocenters. The van der Waals surface area contributed by atoms with Gasteiger partial charge in [-0.15, -0.1) is 0 Å². The highest BCUT2D eigenvalue weighted by molar-refractivity contribution is 6.34. The number of ether oxygens (including phenoxy) is 2. The Morgan fingerprint density at radius 1 is 1.13 bits per heavy atom. The number of halogens is 3. The van der Waals surface area contributed by atoms with Crippen LogP contribution < -0.4 is 14.9 Å². The van der Waals surface area contributed by atoms with Gasteiger partial charge < -0.3 is 9.47 Å². The quantitative estimate of drug-likeness (QED) is 0.358. The molecule has 5 nitrogen and oxygen atoms in total. The molecule has 0 saturated carbocycles. The van der Waals surface area contributed by atoms with E-state index >= 15 is 0 Å². The highest BCUT2D eigenvalue weighted by Gasteiger charge is 2.13. The summed E-state index contributed by atoms with van der Waals surface area (Å²) >= 11 is 12.4. The molecule has 3 aromatic carbocycles. The topological polar surface area (TPSA) is 59.9 Å². The molecule has 3 rings (SSSR count). The van der Waals surface area contributed by atoms with Crippen molar-refractivity contribution >= 4 is 35.3 Å². The first kappa shape index (κ1) is 22.6. The van der Waals surface area contributed by atoms with Crippen molar-refractivity contribution in [3.8, 4) is 11.5 Å². The SMILES string of the molecule is COc1cc(/C=N\NC(=O)c2ccc(C)cc2Cl)cc(Cl)c1OCc1ccccc1F. The second-order valence-electron chi connectivity index (χ2n) is 6.60. The van der Waals surface area contributed by atoms with Crippen molar-refractivity contribution in [3.05, 3.63) is 92.7 Å². The number of methoxy groups -OCH3 is 1. The number of rotatable bonds is 7. The molecule has 0 saturated heterocycles. The fourth-order valence-corrected chi connectivity index (χ4v) is 3.34. The number of amides is 1. The van der Waals surface area contributed by atoms with Crippen molar-refractivity contribution in [1.82, 2.24) is 5.43 Å². The summed E-state index contributed by atoms with van der Waals surface area (Å²) in [7, 11) is 1.46. The molecule has 0 bridgehead atoms. The molecule has 3 aromatic rings. The highest BCUT2D eigenvalue weighted by Crippen LogP contribution is 2.36. The maximum atomic E-state index is 13.8. The lowest BCUT2D eigenvalue weighted by molar-refractivity contribution is 0.0955. The average Bonchev–Trinajstić information content (AvgIpc) is 2.73. The molecule has 0 fully saturated rings. The number of nitrogens with zero attached hydrogens (tertiary/aromatic N) is 1. The first-order valence-corrected chi connectivity index (χ1v) is 9.98. The van der Waals surface area contributed by atoms with Gasteiger partial charge in [-0.25, -0.2) is 9.82 Å². The Balaban J connectivity index is 1.71. The summed E-state index contributed by atoms with van der Waals surface area (Å²) in [4.78, 5) is 12.2. The molecule has 1 N–H and O–H groups in total. The second-order valence-corrected chi connectivity index (χ2v) is 7.41. The van der Waals surface area contributed by atoms with Gasteiger partial charge in [0.2, 0.25) is 0 Å². The van der Waals surface area contributed by atoms with E-state index in [-0.39, 0.29) is 23.2 Å². The monoisotopic (exact) mass is 460 g/mol. The van der Waals surface area contributed by atoms with Crippen LogP contribution in [0.3, 0.4) is 0 Å². The molecular weight excluding hydrogens is 442 g/mol. The lowest BCUT2D eigenvalue weighted by Gasteiger charge is -2.13. The number of benzene rings is 3. The minimum absolute atomic E-state index is 0.0104. The van der Waals surface area contributed by atoms with Crippen LogP contribution in [0.25, 0.3) is 0 Å². The summed E-state index contributed by atoms with van der Waals surface area (Å²) in [5.41, 5.74) is 4.64. The van der Waals surface area contributed by atoms with E-state index in [2.05, 4.69) is 10.5 Å². The Labute approximate surface area is 189 Å². The first-order chi connectivity index (χ1) is 14.9. The number of hydrazone groups is 1. The van der Waals surface area contributed by atoms with Crippen LogP contribution in [0.4, 0.5) is 4.39 Å². The third-order valence-corrected chi connectivity index (χ3v) is 4.92. The summed E-state index contributed by atoms with van der Waals surface area (Å²) in [5, 5.41) is 4.54. The Morgan fingerprint density at radius 2 is 1.90 bits per heavy atom. The Morgan fingerprint density at radius 3 is 2.61 bits per heavy atom. The van der Waals surface area contributed by atoms with Crippen molar-refractivity contribution in [2.45, 2.75) is 13.5 Å². The third kappa shape index (κ3) is 5.75. The van der Waals surface area contributed by atoms with Crippen LogP contribution in [-0.2, 0) is 6.61 Å². The van der Waals surface area contributed by atoms with E-state index in [1.807, 2.05) is 6.92 Å². The van der Waals surface area contributed by atoms with Gasteiger partial charge in [-0.1, -0.05) is 47.5 Å². The number of hydrogen-bond donors (Lipinski definition) is 1. The number of carbonyl (C=O) groups is 1. The molecule has 0 aliphatic heterocycles. The van der Waals surface area contributed by atoms with Gasteiger partial charge in [-0.2, -0.15) is 5.10 Å². The molecule has 0 aliphatic carbocycles. The third-order valence-electron chi connectivity index (χ3n) is 4.33. The predicted molar refractivity (Wildman–Crippen MR) is 120 cm³/mol. The van der Waals surface area contributed by atoms with Gasteiger partial charge in [-0.05, 0) is 48.4 Å². The Kier molecular flexibility index (Phi) is 7.50. The molecular formula is C23H19Cl2FN2O3. The fourth-order valence-electron chi connectivity index (χ4n) is 2.75. The zero-order valence-corrected chi connectivity index (χ0v) is 18.3. The zero-order valence-electron chi connectivity index (χ0n) is 16.8. The standard InChI is InChI=1S/C23H19Cl2FN2O3/c1-14-7-8-17(18(24)9-14)23(29)28-27-12-15-10-19(25)22(21(11-15)30-2)31-13-16-5-3-4-6-20(16)26/h3-12H,13H2,1-2H3,(H,28,29)/b27-12-. The molecule has 0 spiro atoms. The maximum Gasteiger partial charge on any atom is 0.272 e. The lowest BCUT2D eigenvalue weighted by atomic mass is 10.1. The van der Waals surface area contributed by atoms with Crippen LogP contribution in [0.15, 0.2) is 59.7 Å². The summed E-state index contributed by atoms with van der Waals surface area (Å²) in [6.07, 6.45) is 1.41. The van der Waals surface area contributed by atoms with E-state index in [1.165, 1.54) is 19.4 Å². The van der Waals surface area contributed by atoms with E-state index in [1.54, 1.807) is 48.5 Å². The molecule has 1 amide bonds. The molecule has 0 atom stereocenters. The molecule has 8 heteroatoms. The van der Waals surface area contributed by atoms with Crippen molar-refractivity contribution < 1.29 is 18.7 Å². The minimum Gasteiger partial charge on any atom is -0.493 e. The van der Waals surface area contributed by atoms with E-state index in [4.69, 9.17) is 32.7 Å². The van der Waals surface area contributed by atoms with Crippen LogP contribution in [-0.4, -0.2) is 19.2 Å². The Hall–Kier alpha value is -3.09. The molecule has 31 heavy (non-hydrogen) atoms. The van der Waals surface area contributed by atoms with Crippen LogP contribution in [0, 0.1) is 12.7 Å². The number of hydrogen-bond acceptors (Lipinski definition) is 4. The fraction of sp³-hybridized carbons (Fsp3) is 0.130. The van der Waals surface area contributed by atoms with Crippen molar-refractivity contribution in [1.29, 1.82) is 0 Å². The Bertz CT molecular complexity index is 1140. The summed E-state index contributed by atoms with van der Waals surface area (Å²) in [6.45, 7) is 1.87. The van der Waals surface area contributed by atoms with Gasteiger partial charge >= 0.3 is 0 Å². The van der Waals surface area contributed by atoms with E-state index in [0.29, 0.717) is 27.5 Å². The van der Waals surface area contributed by atoms with Gasteiger partial charge in [0.15, 0.2) is 11.5 Å². The van der Waals surface area contributed by atoms with Crippen LogP contribution in [0.1, 0.15) is 27.0 Å². The maximum absolute atomic E-state index is 13.8. The van der Waals surface area contributed by atoms with Crippen LogP contribution >= 0.6 is 23.2 Å². The summed E-state index contributed by atoms with van der Waals surface area (Å²) in [6, 6.07) is 14.6. The summed E-state index contributed by atoms with van der Waals surface area (Å²) in [5.74, 6) is -0.187. The van der Waals surface area contributed by atoms with Crippen LogP contribution in [0.2, 0.25) is 10.0 Å². The number of carbonyl (C=O) groups excluding carboxylic acids is 1. The summed E-state index contributed by atoms with van der Waals surface area (Å²) < 4.78 is 24.8. The lowest BCUT2D eigenvalue weighted by Crippen LogP contribution is -2.18. The van der Waals surface area contributed by atoms with Gasteiger partial charge in [0.25, 0.3) is 5.91 Å². The van der Waals surface area contributed by atoms with Crippen molar-refractivity contribution in [2.75, 3.05) is 7.11 Å². The largest absolute Gasteiger partial charge is 0.493 e. The molecule has 0 heterocycles. The average molecular weight is 461 g/mol. The predicted octanol–water partition coefficient (Wildman–Crippen LogP) is 5.79. The normalized spacial score (nSPS) is 10.9. The zero-order chi connectivity index (χ0) is 22.4. The van der Waals surface area contributed by atoms with E-state index in [0.717, 1.165) is 5.56 Å². The van der Waals surface area contributed by atoms with E-state index in [9.17, 15) is 9.18 Å². The number of nitrogens with one attached hydrogen (secondary N) is 1. The number of aryl methyl sites for hydroxylation is 1. The van der Waals surface area contributed by atoms with Crippen LogP contribution in [0.5, 0.6) is 11.5 Å². The molecule has 0 aliphatic rings. The highest BCUT2D eigenvalue weighted by atomic mass is 35.5. The molecule has 160 valence electrons. The second kappa shape index (κ2) is 10.3. The van der Waals surface area contributed by atoms with Gasteiger partial charge in [0, 0.05) is 5.56 Å². The molecule has 0 aromatic heterocycles. The van der Waals surface area contributed by atoms with Gasteiger partial charge in [0.1, 0.15) is 12.4 Å². The van der Waals surface area contributed by atoms with E-state index < -0.39 is 5.91 Å².